The molecule has 0 bridgehead atoms. The lowest BCUT2D eigenvalue weighted by Crippen LogP contribution is -2.12. The maximum atomic E-state index is 4.73. The highest BCUT2D eigenvalue weighted by Crippen LogP contribution is 2.25. The Morgan fingerprint density at radius 1 is 1.17 bits per heavy atom. The van der Waals surface area contributed by atoms with Gasteiger partial charge in [-0.05, 0) is 24.4 Å². The monoisotopic (exact) mass is 352 g/mol. The number of thiazole rings is 1. The van der Waals surface area contributed by atoms with Crippen molar-refractivity contribution in [1.29, 1.82) is 0 Å². The average Bonchev–Trinajstić information content (AvgIpc) is 3.33. The summed E-state index contributed by atoms with van der Waals surface area (Å²) in [6.07, 6.45) is 3.89. The Bertz CT molecular complexity index is 1050. The topological polar surface area (TPSA) is 45.4 Å². The highest BCUT2D eigenvalue weighted by molar-refractivity contribution is 7.14. The van der Waals surface area contributed by atoms with E-state index in [-0.39, 0.29) is 0 Å². The van der Waals surface area contributed by atoms with Crippen molar-refractivity contribution in [2.24, 2.45) is 10.1 Å². The summed E-state index contributed by atoms with van der Waals surface area (Å²) in [6.45, 7) is 2.78. The molecule has 4 aromatic rings. The van der Waals surface area contributed by atoms with Gasteiger partial charge in [-0.3, -0.25) is 4.99 Å². The summed E-state index contributed by atoms with van der Waals surface area (Å²) in [6, 6.07) is 12.4. The maximum absolute atomic E-state index is 4.73. The van der Waals surface area contributed by atoms with Crippen molar-refractivity contribution < 1.29 is 0 Å². The van der Waals surface area contributed by atoms with Gasteiger partial charge in [0.05, 0.1) is 16.8 Å². The molecular weight excluding hydrogens is 336 g/mol. The Balaban J connectivity index is 1.81. The summed E-state index contributed by atoms with van der Waals surface area (Å²) in [7, 11) is 0. The first-order valence-corrected chi connectivity index (χ1v) is 9.48. The number of hydrogen-bond donors (Lipinski definition) is 1. The predicted molar refractivity (Wildman–Crippen MR) is 103 cm³/mol. The van der Waals surface area contributed by atoms with Gasteiger partial charge in [0.1, 0.15) is 0 Å². The molecular formula is C18H16N4S2. The quantitative estimate of drug-likeness (QED) is 0.523. The van der Waals surface area contributed by atoms with Crippen molar-refractivity contribution in [2.45, 2.75) is 6.92 Å². The molecule has 0 amide bonds. The minimum absolute atomic E-state index is 0.743. The average molecular weight is 352 g/mol. The molecule has 0 unspecified atom stereocenters. The minimum Gasteiger partial charge on any atom is -0.361 e. The molecule has 4 rings (SSSR count). The third-order valence-electron chi connectivity index (χ3n) is 3.69. The number of nitrogens with zero attached hydrogens (tertiary/aromatic N) is 3. The zero-order chi connectivity index (χ0) is 16.4. The Hall–Kier alpha value is -2.44. The number of para-hydroxylation sites is 1. The molecule has 0 spiro atoms. The third-order valence-corrected chi connectivity index (χ3v) is 5.43. The molecule has 6 heteroatoms. The van der Waals surface area contributed by atoms with Crippen LogP contribution in [0, 0.1) is 0 Å². The Morgan fingerprint density at radius 2 is 2.08 bits per heavy atom. The van der Waals surface area contributed by atoms with Gasteiger partial charge in [0.2, 0.25) is 4.80 Å². The Kier molecular flexibility index (Phi) is 4.15. The van der Waals surface area contributed by atoms with Gasteiger partial charge in [-0.25, -0.2) is 4.68 Å². The lowest BCUT2D eigenvalue weighted by Gasteiger charge is -2.00. The molecule has 24 heavy (non-hydrogen) atoms. The van der Waals surface area contributed by atoms with Crippen molar-refractivity contribution in [2.75, 3.05) is 6.54 Å². The summed E-state index contributed by atoms with van der Waals surface area (Å²) in [5, 5.41) is 10.1. The van der Waals surface area contributed by atoms with Crippen LogP contribution in [0.2, 0.25) is 0 Å². The largest absolute Gasteiger partial charge is 0.361 e. The van der Waals surface area contributed by atoms with E-state index in [2.05, 4.69) is 45.0 Å². The second-order valence-corrected chi connectivity index (χ2v) is 6.99. The lowest BCUT2D eigenvalue weighted by atomic mass is 10.2. The number of H-pyrrole nitrogens is 1. The fraction of sp³-hybridized carbons (Fsp3) is 0.111. The van der Waals surface area contributed by atoms with E-state index in [0.29, 0.717) is 0 Å². The highest BCUT2D eigenvalue weighted by atomic mass is 32.1. The van der Waals surface area contributed by atoms with E-state index in [9.17, 15) is 0 Å². The number of nitrogens with one attached hydrogen (secondary N) is 1. The minimum atomic E-state index is 0.743. The van der Waals surface area contributed by atoms with Gasteiger partial charge >= 0.3 is 0 Å². The normalized spacial score (nSPS) is 12.6. The first-order chi connectivity index (χ1) is 11.9. The molecule has 4 nitrogen and oxygen atoms in total. The van der Waals surface area contributed by atoms with Crippen LogP contribution in [0.25, 0.3) is 21.5 Å². The molecule has 0 aliphatic carbocycles. The van der Waals surface area contributed by atoms with Crippen LogP contribution in [-0.2, 0) is 0 Å². The summed E-state index contributed by atoms with van der Waals surface area (Å²) in [5.41, 5.74) is 3.27. The van der Waals surface area contributed by atoms with Gasteiger partial charge < -0.3 is 4.98 Å². The van der Waals surface area contributed by atoms with Crippen LogP contribution in [-0.4, -0.2) is 22.4 Å². The van der Waals surface area contributed by atoms with Crippen molar-refractivity contribution in [3.05, 3.63) is 63.7 Å². The van der Waals surface area contributed by atoms with E-state index in [0.717, 1.165) is 28.1 Å². The van der Waals surface area contributed by atoms with Gasteiger partial charge in [-0.2, -0.15) is 5.10 Å². The van der Waals surface area contributed by atoms with Crippen molar-refractivity contribution in [3.8, 4) is 10.6 Å². The lowest BCUT2D eigenvalue weighted by molar-refractivity contribution is 0.835. The number of thiophene rings is 1. The molecule has 0 saturated heterocycles. The molecule has 3 heterocycles. The fourth-order valence-corrected chi connectivity index (χ4v) is 4.26. The number of aromatic nitrogens is 2. The molecule has 0 radical (unpaired) electrons. The molecule has 0 saturated carbocycles. The van der Waals surface area contributed by atoms with Gasteiger partial charge in [0.25, 0.3) is 0 Å². The van der Waals surface area contributed by atoms with Crippen LogP contribution in [0.15, 0.2) is 63.4 Å². The van der Waals surface area contributed by atoms with E-state index in [1.807, 2.05) is 36.1 Å². The van der Waals surface area contributed by atoms with E-state index in [4.69, 9.17) is 5.10 Å². The van der Waals surface area contributed by atoms with Crippen molar-refractivity contribution >= 4 is 39.8 Å². The number of fused-ring (bicyclic) bond motifs is 1. The van der Waals surface area contributed by atoms with Crippen LogP contribution >= 0.6 is 22.7 Å². The smallest absolute Gasteiger partial charge is 0.206 e. The summed E-state index contributed by atoms with van der Waals surface area (Å²) in [5.74, 6) is 0. The van der Waals surface area contributed by atoms with E-state index in [1.54, 1.807) is 22.7 Å². The number of rotatable bonds is 4. The standard InChI is InChI=1S/C18H16N4S2/c1-2-19-18-22(16(12-24-18)17-8-5-9-23-17)21-11-13-10-20-15-7-4-3-6-14(13)15/h3-12,20H,2H2,1H3. The summed E-state index contributed by atoms with van der Waals surface area (Å²) >= 11 is 3.33. The SMILES string of the molecule is CCN=c1scc(-c2cccs2)n1N=Cc1c[nH]c2ccccc12. The van der Waals surface area contributed by atoms with Crippen LogP contribution < -0.4 is 4.80 Å². The Morgan fingerprint density at radius 3 is 2.92 bits per heavy atom. The fourth-order valence-electron chi connectivity index (χ4n) is 2.57. The highest BCUT2D eigenvalue weighted by Gasteiger charge is 2.08. The number of hydrogen-bond acceptors (Lipinski definition) is 4. The van der Waals surface area contributed by atoms with Crippen molar-refractivity contribution in [1.82, 2.24) is 9.66 Å². The van der Waals surface area contributed by atoms with Gasteiger partial charge in [0.15, 0.2) is 0 Å². The molecule has 3 aromatic heterocycles. The molecule has 1 aromatic carbocycles. The molecule has 0 fully saturated rings. The zero-order valence-electron chi connectivity index (χ0n) is 13.1. The van der Waals surface area contributed by atoms with Crippen LogP contribution in [0.1, 0.15) is 12.5 Å². The molecule has 0 atom stereocenters. The zero-order valence-corrected chi connectivity index (χ0v) is 14.8. The first kappa shape index (κ1) is 15.1. The molecule has 120 valence electrons. The Labute approximate surface area is 147 Å². The van der Waals surface area contributed by atoms with Gasteiger partial charge in [0, 0.05) is 34.6 Å². The predicted octanol–water partition coefficient (Wildman–Crippen LogP) is 4.56. The first-order valence-electron chi connectivity index (χ1n) is 7.72. The summed E-state index contributed by atoms with van der Waals surface area (Å²) < 4.78 is 1.93. The van der Waals surface area contributed by atoms with E-state index in [1.165, 1.54) is 10.3 Å². The summed E-state index contributed by atoms with van der Waals surface area (Å²) in [4.78, 5) is 9.95. The molecule has 0 aliphatic heterocycles. The third kappa shape index (κ3) is 2.74. The van der Waals surface area contributed by atoms with E-state index < -0.39 is 0 Å². The van der Waals surface area contributed by atoms with E-state index >= 15 is 0 Å². The molecule has 1 N–H and O–H groups in total. The maximum Gasteiger partial charge on any atom is 0.206 e. The van der Waals surface area contributed by atoms with Crippen LogP contribution in [0.5, 0.6) is 0 Å². The second kappa shape index (κ2) is 6.59. The van der Waals surface area contributed by atoms with Crippen molar-refractivity contribution in [3.63, 3.8) is 0 Å². The van der Waals surface area contributed by atoms with Crippen LogP contribution in [0.3, 0.4) is 0 Å². The van der Waals surface area contributed by atoms with Gasteiger partial charge in [-0.15, -0.1) is 22.7 Å². The molecule has 0 aliphatic rings. The van der Waals surface area contributed by atoms with Crippen LogP contribution in [0.4, 0.5) is 0 Å². The number of benzene rings is 1. The van der Waals surface area contributed by atoms with Gasteiger partial charge in [-0.1, -0.05) is 24.3 Å². The number of aromatic amines is 1. The second-order valence-electron chi connectivity index (χ2n) is 5.20.